The fourth-order valence-electron chi connectivity index (χ4n) is 1.37. The summed E-state index contributed by atoms with van der Waals surface area (Å²) in [5.74, 6) is 1.27. The molecule has 3 nitrogen and oxygen atoms in total. The van der Waals surface area contributed by atoms with Gasteiger partial charge in [0.2, 0.25) is 0 Å². The second-order valence-corrected chi connectivity index (χ2v) is 4.03. The lowest BCUT2D eigenvalue weighted by atomic mass is 9.99. The minimum atomic E-state index is -0.811. The maximum absolute atomic E-state index is 9.13. The van der Waals surface area contributed by atoms with E-state index in [2.05, 4.69) is 13.8 Å². The van der Waals surface area contributed by atoms with Crippen molar-refractivity contribution < 1.29 is 14.9 Å². The van der Waals surface area contributed by atoms with Crippen LogP contribution in [-0.2, 0) is 0 Å². The van der Waals surface area contributed by atoms with Crippen LogP contribution in [0.1, 0.15) is 31.7 Å². The number of ether oxygens (including phenoxy) is 1. The van der Waals surface area contributed by atoms with E-state index in [1.54, 1.807) is 0 Å². The molecule has 0 aliphatic carbocycles. The summed E-state index contributed by atoms with van der Waals surface area (Å²) >= 11 is 0. The molecule has 3 heteroatoms. The summed E-state index contributed by atoms with van der Waals surface area (Å²) in [6.07, 6.45) is 0.304. The summed E-state index contributed by atoms with van der Waals surface area (Å²) in [6, 6.07) is 7.86. The Labute approximate surface area is 96.7 Å². The minimum Gasteiger partial charge on any atom is -0.491 e. The molecular weight excluding hydrogens is 204 g/mol. The Balaban J connectivity index is 2.51. The molecule has 0 aliphatic rings. The van der Waals surface area contributed by atoms with E-state index in [4.69, 9.17) is 14.9 Å². The lowest BCUT2D eigenvalue weighted by Crippen LogP contribution is -2.21. The molecule has 0 saturated carbocycles. The summed E-state index contributed by atoms with van der Waals surface area (Å²) in [4.78, 5) is 0. The fourth-order valence-corrected chi connectivity index (χ4v) is 1.37. The third-order valence-electron chi connectivity index (χ3n) is 2.71. The van der Waals surface area contributed by atoms with E-state index >= 15 is 0 Å². The number of rotatable bonds is 6. The quantitative estimate of drug-likeness (QED) is 0.776. The number of benzene rings is 1. The van der Waals surface area contributed by atoms with Crippen molar-refractivity contribution in [2.75, 3.05) is 13.2 Å². The van der Waals surface area contributed by atoms with Gasteiger partial charge >= 0.3 is 0 Å². The summed E-state index contributed by atoms with van der Waals surface area (Å²) in [7, 11) is 0. The van der Waals surface area contributed by atoms with Crippen LogP contribution in [0.4, 0.5) is 0 Å². The molecule has 0 radical (unpaired) electrons. The van der Waals surface area contributed by atoms with E-state index in [0.717, 1.165) is 12.2 Å². The van der Waals surface area contributed by atoms with Crippen LogP contribution in [0.3, 0.4) is 0 Å². The lowest BCUT2D eigenvalue weighted by molar-refractivity contribution is 0.0536. The van der Waals surface area contributed by atoms with Gasteiger partial charge in [0.15, 0.2) is 0 Å². The molecule has 1 aromatic carbocycles. The van der Waals surface area contributed by atoms with Crippen LogP contribution in [0.15, 0.2) is 24.3 Å². The molecular formula is C13H20O3. The van der Waals surface area contributed by atoms with Gasteiger partial charge in [-0.15, -0.1) is 0 Å². The van der Waals surface area contributed by atoms with Crippen LogP contribution >= 0.6 is 0 Å². The number of aliphatic hydroxyl groups is 2. The lowest BCUT2D eigenvalue weighted by Gasteiger charge is -2.12. The van der Waals surface area contributed by atoms with Gasteiger partial charge in [-0.1, -0.05) is 26.0 Å². The zero-order chi connectivity index (χ0) is 12.0. The van der Waals surface area contributed by atoms with Crippen molar-refractivity contribution >= 4 is 0 Å². The van der Waals surface area contributed by atoms with E-state index in [1.165, 1.54) is 5.56 Å². The van der Waals surface area contributed by atoms with Crippen LogP contribution in [0, 0.1) is 0 Å². The molecule has 0 fully saturated rings. The molecule has 0 bridgehead atoms. The third-order valence-corrected chi connectivity index (χ3v) is 2.71. The highest BCUT2D eigenvalue weighted by atomic mass is 16.5. The van der Waals surface area contributed by atoms with E-state index in [0.29, 0.717) is 5.92 Å². The van der Waals surface area contributed by atoms with Crippen LogP contribution < -0.4 is 4.74 Å². The first-order chi connectivity index (χ1) is 7.67. The van der Waals surface area contributed by atoms with Gasteiger partial charge in [-0.05, 0) is 30.0 Å². The average molecular weight is 224 g/mol. The van der Waals surface area contributed by atoms with Crippen LogP contribution in [0.5, 0.6) is 5.75 Å². The van der Waals surface area contributed by atoms with E-state index in [9.17, 15) is 0 Å². The number of hydrogen-bond donors (Lipinski definition) is 2. The van der Waals surface area contributed by atoms with Crippen molar-refractivity contribution in [1.82, 2.24) is 0 Å². The SMILES string of the molecule is CCC(C)c1ccc(OCC(O)CO)cc1. The molecule has 0 aliphatic heterocycles. The van der Waals surface area contributed by atoms with Crippen molar-refractivity contribution in [1.29, 1.82) is 0 Å². The Morgan fingerprint density at radius 3 is 2.38 bits per heavy atom. The zero-order valence-electron chi connectivity index (χ0n) is 9.89. The Kier molecular flexibility index (Phi) is 5.29. The Hall–Kier alpha value is -1.06. The zero-order valence-corrected chi connectivity index (χ0v) is 9.89. The smallest absolute Gasteiger partial charge is 0.119 e. The Morgan fingerprint density at radius 2 is 1.88 bits per heavy atom. The molecule has 16 heavy (non-hydrogen) atoms. The standard InChI is InChI=1S/C13H20O3/c1-3-10(2)11-4-6-13(7-5-11)16-9-12(15)8-14/h4-7,10,12,14-15H,3,8-9H2,1-2H3. The molecule has 0 amide bonds. The predicted octanol–water partition coefficient (Wildman–Crippen LogP) is 1.93. The Morgan fingerprint density at radius 1 is 1.25 bits per heavy atom. The molecule has 0 aromatic heterocycles. The maximum atomic E-state index is 9.13. The molecule has 2 unspecified atom stereocenters. The van der Waals surface area contributed by atoms with Gasteiger partial charge in [-0.2, -0.15) is 0 Å². The van der Waals surface area contributed by atoms with Crippen molar-refractivity contribution in [3.63, 3.8) is 0 Å². The monoisotopic (exact) mass is 224 g/mol. The van der Waals surface area contributed by atoms with Gasteiger partial charge in [0.05, 0.1) is 6.61 Å². The topological polar surface area (TPSA) is 49.7 Å². The van der Waals surface area contributed by atoms with Gasteiger partial charge in [0.25, 0.3) is 0 Å². The first kappa shape index (κ1) is 13.0. The molecule has 0 saturated heterocycles. The maximum Gasteiger partial charge on any atom is 0.119 e. The molecule has 0 spiro atoms. The van der Waals surface area contributed by atoms with Crippen molar-refractivity contribution in [2.24, 2.45) is 0 Å². The van der Waals surface area contributed by atoms with Gasteiger partial charge in [-0.3, -0.25) is 0 Å². The third kappa shape index (κ3) is 3.83. The minimum absolute atomic E-state index is 0.124. The van der Waals surface area contributed by atoms with Gasteiger partial charge in [0.1, 0.15) is 18.5 Å². The summed E-state index contributed by atoms with van der Waals surface area (Å²) in [5, 5.41) is 17.8. The molecule has 1 aromatic rings. The number of aliphatic hydroxyl groups excluding tert-OH is 2. The second-order valence-electron chi connectivity index (χ2n) is 4.03. The molecule has 2 atom stereocenters. The molecule has 0 heterocycles. The molecule has 2 N–H and O–H groups in total. The first-order valence-electron chi connectivity index (χ1n) is 5.69. The highest BCUT2D eigenvalue weighted by Gasteiger charge is 2.05. The normalized spacial score (nSPS) is 14.5. The van der Waals surface area contributed by atoms with Crippen molar-refractivity contribution in [2.45, 2.75) is 32.3 Å². The van der Waals surface area contributed by atoms with E-state index in [-0.39, 0.29) is 13.2 Å². The van der Waals surface area contributed by atoms with Crippen LogP contribution in [0.2, 0.25) is 0 Å². The largest absolute Gasteiger partial charge is 0.491 e. The predicted molar refractivity (Wildman–Crippen MR) is 63.7 cm³/mol. The van der Waals surface area contributed by atoms with Crippen molar-refractivity contribution in [3.05, 3.63) is 29.8 Å². The van der Waals surface area contributed by atoms with Crippen molar-refractivity contribution in [3.8, 4) is 5.75 Å². The Bertz CT molecular complexity index is 295. The second kappa shape index (κ2) is 6.51. The number of hydrogen-bond acceptors (Lipinski definition) is 3. The van der Waals surface area contributed by atoms with E-state index < -0.39 is 6.10 Å². The van der Waals surface area contributed by atoms with Crippen LogP contribution in [0.25, 0.3) is 0 Å². The van der Waals surface area contributed by atoms with Gasteiger partial charge in [-0.25, -0.2) is 0 Å². The first-order valence-corrected chi connectivity index (χ1v) is 5.69. The van der Waals surface area contributed by atoms with Crippen LogP contribution in [-0.4, -0.2) is 29.5 Å². The average Bonchev–Trinajstić information content (AvgIpc) is 2.35. The highest BCUT2D eigenvalue weighted by Crippen LogP contribution is 2.21. The van der Waals surface area contributed by atoms with Gasteiger partial charge in [0, 0.05) is 0 Å². The van der Waals surface area contributed by atoms with E-state index in [1.807, 2.05) is 24.3 Å². The molecule has 90 valence electrons. The summed E-state index contributed by atoms with van der Waals surface area (Å²) in [5.41, 5.74) is 1.29. The summed E-state index contributed by atoms with van der Waals surface area (Å²) in [6.45, 7) is 4.20. The fraction of sp³-hybridized carbons (Fsp3) is 0.538. The summed E-state index contributed by atoms with van der Waals surface area (Å²) < 4.78 is 5.32. The highest BCUT2D eigenvalue weighted by molar-refractivity contribution is 5.29. The molecule has 1 rings (SSSR count). The van der Waals surface area contributed by atoms with Gasteiger partial charge < -0.3 is 14.9 Å².